The summed E-state index contributed by atoms with van der Waals surface area (Å²) in [6.07, 6.45) is -2.89. The number of nitrogens with one attached hydrogen (secondary N) is 1. The van der Waals surface area contributed by atoms with Gasteiger partial charge in [0, 0.05) is 23.3 Å². The van der Waals surface area contributed by atoms with Gasteiger partial charge in [0.25, 0.3) is 5.56 Å². The van der Waals surface area contributed by atoms with E-state index in [-0.39, 0.29) is 0 Å². The van der Waals surface area contributed by atoms with Gasteiger partial charge in [-0.1, -0.05) is 12.1 Å². The van der Waals surface area contributed by atoms with Crippen LogP contribution in [-0.2, 0) is 4.74 Å². The maximum Gasteiger partial charge on any atom is 0.330 e. The van der Waals surface area contributed by atoms with Crippen LogP contribution in [0.3, 0.4) is 0 Å². The number of aliphatic hydroxyl groups is 2. The zero-order valence-electron chi connectivity index (χ0n) is 14.7. The molecule has 0 aliphatic carbocycles. The SMILES string of the molecule is Nc1cccc2cc(O[C@@H]3[C@H](O)[C@@H](CO)O[C@H]3n3ccc(=O)[nH]c3=O)ccc12. The molecule has 1 aliphatic heterocycles. The summed E-state index contributed by atoms with van der Waals surface area (Å²) in [5.41, 5.74) is 5.33. The van der Waals surface area contributed by atoms with Crippen LogP contribution in [-0.4, -0.2) is 44.7 Å². The molecule has 9 nitrogen and oxygen atoms in total. The average molecular weight is 385 g/mol. The lowest BCUT2D eigenvalue weighted by Crippen LogP contribution is -2.41. The highest BCUT2D eigenvalue weighted by atomic mass is 16.6. The number of aromatic amines is 1. The van der Waals surface area contributed by atoms with Gasteiger partial charge in [0.1, 0.15) is 18.0 Å². The standard InChI is InChI=1S/C19H19N3O6/c20-13-3-1-2-10-8-11(4-5-12(10)13)27-17-16(25)14(9-23)28-18(17)22-7-6-15(24)21-19(22)26/h1-8,14,16-18,23,25H,9,20H2,(H,21,24,26)/t14-,16-,17-,18-/m1/s1. The number of aliphatic hydroxyl groups excluding tert-OH is 2. The van der Waals surface area contributed by atoms with E-state index >= 15 is 0 Å². The largest absolute Gasteiger partial charge is 0.483 e. The van der Waals surface area contributed by atoms with Crippen molar-refractivity contribution in [3.63, 3.8) is 0 Å². The molecule has 0 spiro atoms. The summed E-state index contributed by atoms with van der Waals surface area (Å²) in [5.74, 6) is 0.437. The van der Waals surface area contributed by atoms with Crippen molar-refractivity contribution in [2.75, 3.05) is 12.3 Å². The number of hydrogen-bond donors (Lipinski definition) is 4. The Labute approximate surface area is 158 Å². The quantitative estimate of drug-likeness (QED) is 0.462. The highest BCUT2D eigenvalue weighted by molar-refractivity contribution is 5.93. The summed E-state index contributed by atoms with van der Waals surface area (Å²) in [6, 6.07) is 11.9. The van der Waals surface area contributed by atoms with E-state index in [1.807, 2.05) is 12.1 Å². The lowest BCUT2D eigenvalue weighted by molar-refractivity contribution is -0.0523. The smallest absolute Gasteiger partial charge is 0.330 e. The highest BCUT2D eigenvalue weighted by Gasteiger charge is 2.46. The first-order valence-electron chi connectivity index (χ1n) is 8.68. The van der Waals surface area contributed by atoms with Gasteiger partial charge in [-0.05, 0) is 29.7 Å². The molecule has 28 heavy (non-hydrogen) atoms. The zero-order chi connectivity index (χ0) is 19.8. The average Bonchev–Trinajstić information content (AvgIpc) is 2.98. The minimum atomic E-state index is -1.19. The number of ether oxygens (including phenoxy) is 2. The fourth-order valence-corrected chi connectivity index (χ4v) is 3.37. The van der Waals surface area contributed by atoms with Crippen molar-refractivity contribution in [3.05, 3.63) is 69.5 Å². The lowest BCUT2D eigenvalue weighted by atomic mass is 10.1. The summed E-state index contributed by atoms with van der Waals surface area (Å²) in [6.45, 7) is -0.454. The van der Waals surface area contributed by atoms with Crippen LogP contribution in [0.2, 0.25) is 0 Å². The van der Waals surface area contributed by atoms with Crippen LogP contribution >= 0.6 is 0 Å². The minimum Gasteiger partial charge on any atom is -0.483 e. The fourth-order valence-electron chi connectivity index (χ4n) is 3.37. The molecule has 1 saturated heterocycles. The molecule has 0 bridgehead atoms. The van der Waals surface area contributed by atoms with Gasteiger partial charge in [-0.25, -0.2) is 4.79 Å². The number of aromatic nitrogens is 2. The second-order valence-electron chi connectivity index (χ2n) is 6.57. The molecule has 1 fully saturated rings. The van der Waals surface area contributed by atoms with Crippen LogP contribution in [0.15, 0.2) is 58.3 Å². The first-order chi connectivity index (χ1) is 13.5. The summed E-state index contributed by atoms with van der Waals surface area (Å²) >= 11 is 0. The third-order valence-electron chi connectivity index (χ3n) is 4.78. The molecule has 0 radical (unpaired) electrons. The zero-order valence-corrected chi connectivity index (χ0v) is 14.7. The predicted molar refractivity (Wildman–Crippen MR) is 101 cm³/mol. The number of benzene rings is 2. The monoisotopic (exact) mass is 385 g/mol. The topological polar surface area (TPSA) is 140 Å². The van der Waals surface area contributed by atoms with Crippen LogP contribution < -0.4 is 21.7 Å². The Bertz CT molecular complexity index is 1120. The molecular formula is C19H19N3O6. The molecule has 9 heteroatoms. The first kappa shape index (κ1) is 18.2. The Morgan fingerprint density at radius 3 is 2.79 bits per heavy atom. The molecule has 5 N–H and O–H groups in total. The molecule has 0 amide bonds. The maximum atomic E-state index is 12.2. The summed E-state index contributed by atoms with van der Waals surface area (Å²) in [5, 5.41) is 21.7. The Balaban J connectivity index is 1.70. The van der Waals surface area contributed by atoms with Crippen LogP contribution in [0, 0.1) is 0 Å². The van der Waals surface area contributed by atoms with Crippen LogP contribution in [0.5, 0.6) is 5.75 Å². The molecule has 146 valence electrons. The second kappa shape index (κ2) is 7.12. The van der Waals surface area contributed by atoms with Crippen molar-refractivity contribution in [3.8, 4) is 5.75 Å². The second-order valence-corrected chi connectivity index (χ2v) is 6.57. The Kier molecular flexibility index (Phi) is 4.63. The molecule has 1 aromatic heterocycles. The summed E-state index contributed by atoms with van der Waals surface area (Å²) < 4.78 is 12.7. The van der Waals surface area contributed by atoms with E-state index in [1.54, 1.807) is 24.3 Å². The van der Waals surface area contributed by atoms with Crippen molar-refractivity contribution < 1.29 is 19.7 Å². The van der Waals surface area contributed by atoms with E-state index in [0.29, 0.717) is 11.4 Å². The van der Waals surface area contributed by atoms with Gasteiger partial charge >= 0.3 is 5.69 Å². The minimum absolute atomic E-state index is 0.437. The molecule has 4 atom stereocenters. The Morgan fingerprint density at radius 2 is 2.04 bits per heavy atom. The van der Waals surface area contributed by atoms with Gasteiger partial charge in [-0.2, -0.15) is 0 Å². The number of nitrogens with two attached hydrogens (primary N) is 1. The number of hydrogen-bond acceptors (Lipinski definition) is 7. The van der Waals surface area contributed by atoms with Gasteiger partial charge in [0.2, 0.25) is 0 Å². The van der Waals surface area contributed by atoms with Crippen molar-refractivity contribution in [1.29, 1.82) is 0 Å². The van der Waals surface area contributed by atoms with E-state index in [0.717, 1.165) is 15.3 Å². The van der Waals surface area contributed by atoms with Crippen LogP contribution in [0.25, 0.3) is 10.8 Å². The van der Waals surface area contributed by atoms with E-state index in [4.69, 9.17) is 15.2 Å². The Morgan fingerprint density at radius 1 is 1.21 bits per heavy atom. The highest BCUT2D eigenvalue weighted by Crippen LogP contribution is 2.33. The van der Waals surface area contributed by atoms with Crippen molar-refractivity contribution >= 4 is 16.5 Å². The van der Waals surface area contributed by atoms with Gasteiger partial charge in [0.05, 0.1) is 6.61 Å². The van der Waals surface area contributed by atoms with E-state index in [9.17, 15) is 19.8 Å². The van der Waals surface area contributed by atoms with E-state index < -0.39 is 42.4 Å². The normalized spacial score (nSPS) is 24.5. The van der Waals surface area contributed by atoms with Gasteiger partial charge in [-0.3, -0.25) is 14.3 Å². The maximum absolute atomic E-state index is 12.2. The van der Waals surface area contributed by atoms with Crippen molar-refractivity contribution in [1.82, 2.24) is 9.55 Å². The third kappa shape index (κ3) is 3.15. The molecule has 2 heterocycles. The molecule has 1 aliphatic rings. The Hall–Kier alpha value is -3.14. The molecule has 0 unspecified atom stereocenters. The lowest BCUT2D eigenvalue weighted by Gasteiger charge is -2.23. The van der Waals surface area contributed by atoms with Crippen LogP contribution in [0.1, 0.15) is 6.23 Å². The van der Waals surface area contributed by atoms with E-state index in [2.05, 4.69) is 4.98 Å². The molecule has 2 aromatic carbocycles. The molecule has 4 rings (SSSR count). The number of H-pyrrole nitrogens is 1. The molecule has 0 saturated carbocycles. The van der Waals surface area contributed by atoms with Crippen LogP contribution in [0.4, 0.5) is 5.69 Å². The number of fused-ring (bicyclic) bond motifs is 1. The predicted octanol–water partition coefficient (Wildman–Crippen LogP) is -0.0298. The van der Waals surface area contributed by atoms with Gasteiger partial charge < -0.3 is 25.4 Å². The summed E-state index contributed by atoms with van der Waals surface area (Å²) in [7, 11) is 0. The first-order valence-corrected chi connectivity index (χ1v) is 8.68. The number of nitrogens with zero attached hydrogens (tertiary/aromatic N) is 1. The number of anilines is 1. The van der Waals surface area contributed by atoms with Gasteiger partial charge in [0.15, 0.2) is 12.3 Å². The summed E-state index contributed by atoms with van der Waals surface area (Å²) in [4.78, 5) is 25.6. The van der Waals surface area contributed by atoms with Crippen molar-refractivity contribution in [2.24, 2.45) is 0 Å². The van der Waals surface area contributed by atoms with Gasteiger partial charge in [-0.15, -0.1) is 0 Å². The fraction of sp³-hybridized carbons (Fsp3) is 0.263. The van der Waals surface area contributed by atoms with Crippen molar-refractivity contribution in [2.45, 2.75) is 24.5 Å². The number of nitrogen functional groups attached to an aromatic ring is 1. The number of rotatable bonds is 4. The molecule has 3 aromatic rings. The third-order valence-corrected chi connectivity index (χ3v) is 4.78. The molecular weight excluding hydrogens is 366 g/mol. The van der Waals surface area contributed by atoms with E-state index in [1.165, 1.54) is 12.3 Å².